The fraction of sp³-hybridized carbons (Fsp3) is 0.450. The van der Waals surface area contributed by atoms with Gasteiger partial charge >= 0.3 is 5.97 Å². The third-order valence-corrected chi connectivity index (χ3v) is 5.53. The Morgan fingerprint density at radius 3 is 2.29 bits per heavy atom. The lowest BCUT2D eigenvalue weighted by molar-refractivity contribution is -0.139. The predicted octanol–water partition coefficient (Wildman–Crippen LogP) is 5.05. The van der Waals surface area contributed by atoms with Gasteiger partial charge in [-0.25, -0.2) is 4.79 Å². The molecule has 0 radical (unpaired) electrons. The van der Waals surface area contributed by atoms with Gasteiger partial charge in [0.05, 0.1) is 23.7 Å². The zero-order valence-electron chi connectivity index (χ0n) is 14.3. The molecule has 2 unspecified atom stereocenters. The van der Waals surface area contributed by atoms with Crippen LogP contribution in [0.15, 0.2) is 54.8 Å². The van der Waals surface area contributed by atoms with Gasteiger partial charge in [-0.2, -0.15) is 0 Å². The van der Waals surface area contributed by atoms with Gasteiger partial charge in [-0.15, -0.1) is 11.8 Å². The van der Waals surface area contributed by atoms with E-state index in [0.29, 0.717) is 18.8 Å². The van der Waals surface area contributed by atoms with Crippen LogP contribution < -0.4 is 0 Å². The van der Waals surface area contributed by atoms with Crippen molar-refractivity contribution in [2.24, 2.45) is 0 Å². The highest BCUT2D eigenvalue weighted by atomic mass is 32.2. The molecule has 1 aromatic rings. The first-order valence-corrected chi connectivity index (χ1v) is 9.42. The Hall–Kier alpha value is -1.68. The molecular weight excluding hydrogens is 320 g/mol. The highest BCUT2D eigenvalue weighted by Crippen LogP contribution is 2.40. The minimum Gasteiger partial charge on any atom is -0.497 e. The van der Waals surface area contributed by atoms with Crippen molar-refractivity contribution in [1.82, 2.24) is 0 Å². The number of esters is 1. The van der Waals surface area contributed by atoms with Crippen LogP contribution in [0.2, 0.25) is 0 Å². The Morgan fingerprint density at radius 1 is 1.00 bits per heavy atom. The van der Waals surface area contributed by atoms with Gasteiger partial charge in [0.25, 0.3) is 0 Å². The summed E-state index contributed by atoms with van der Waals surface area (Å²) >= 11 is 1.62. The van der Waals surface area contributed by atoms with Crippen molar-refractivity contribution in [3.05, 3.63) is 60.4 Å². The Labute approximate surface area is 149 Å². The first kappa shape index (κ1) is 18.7. The molecule has 3 nitrogen and oxygen atoms in total. The van der Waals surface area contributed by atoms with E-state index < -0.39 is 0 Å². The standard InChI is InChI=1S/C20H26O3S/c1-15-19(18-11-7-6-8-12-18)24-17(3)16(2)22-13-9-4-5-10-14-23-20(15)21/h6-8,11-12,17,19H,1-2,4-5,9-10,13-14H2,3H3. The summed E-state index contributed by atoms with van der Waals surface area (Å²) in [6.45, 7) is 11.3. The number of cyclic esters (lactones) is 1. The van der Waals surface area contributed by atoms with Crippen LogP contribution in [0, 0.1) is 0 Å². The molecule has 0 bridgehead atoms. The van der Waals surface area contributed by atoms with Crippen molar-refractivity contribution in [3.8, 4) is 0 Å². The molecule has 0 amide bonds. The topological polar surface area (TPSA) is 35.5 Å². The average molecular weight is 346 g/mol. The summed E-state index contributed by atoms with van der Waals surface area (Å²) in [5.41, 5.74) is 1.51. The molecule has 4 heteroatoms. The molecule has 1 heterocycles. The number of hydrogen-bond acceptors (Lipinski definition) is 4. The lowest BCUT2D eigenvalue weighted by atomic mass is 10.1. The van der Waals surface area contributed by atoms with Gasteiger partial charge in [-0.1, -0.05) is 43.5 Å². The van der Waals surface area contributed by atoms with Gasteiger partial charge in [0.2, 0.25) is 0 Å². The lowest BCUT2D eigenvalue weighted by Gasteiger charge is -2.24. The fourth-order valence-electron chi connectivity index (χ4n) is 2.51. The number of carbonyl (C=O) groups is 1. The van der Waals surface area contributed by atoms with Crippen molar-refractivity contribution in [1.29, 1.82) is 0 Å². The molecule has 1 saturated heterocycles. The molecule has 1 aromatic carbocycles. The van der Waals surface area contributed by atoms with E-state index in [0.717, 1.165) is 37.0 Å². The van der Waals surface area contributed by atoms with Crippen molar-refractivity contribution in [3.63, 3.8) is 0 Å². The van der Waals surface area contributed by atoms with Crippen molar-refractivity contribution < 1.29 is 14.3 Å². The van der Waals surface area contributed by atoms with Crippen LogP contribution in [0.5, 0.6) is 0 Å². The number of benzene rings is 1. The molecule has 0 aliphatic carbocycles. The highest BCUT2D eigenvalue weighted by molar-refractivity contribution is 8.00. The highest BCUT2D eigenvalue weighted by Gasteiger charge is 2.26. The molecule has 2 rings (SSSR count). The number of ether oxygens (including phenoxy) is 2. The van der Waals surface area contributed by atoms with Crippen LogP contribution >= 0.6 is 11.8 Å². The molecule has 0 spiro atoms. The van der Waals surface area contributed by atoms with Gasteiger partial charge in [0, 0.05) is 5.57 Å². The zero-order valence-corrected chi connectivity index (χ0v) is 15.1. The number of thioether (sulfide) groups is 1. The van der Waals surface area contributed by atoms with E-state index >= 15 is 0 Å². The minimum absolute atomic E-state index is 0.0581. The van der Waals surface area contributed by atoms with Crippen molar-refractivity contribution >= 4 is 17.7 Å². The SMILES string of the molecule is C=C1OCCCCCCOC(=O)C(=C)C(c2ccccc2)SC1C. The number of hydrogen-bond donors (Lipinski definition) is 0. The monoisotopic (exact) mass is 346 g/mol. The Balaban J connectivity index is 2.19. The van der Waals surface area contributed by atoms with Crippen molar-refractivity contribution in [2.45, 2.75) is 43.1 Å². The molecular formula is C20H26O3S. The second-order valence-corrected chi connectivity index (χ2v) is 7.41. The van der Waals surface area contributed by atoms with E-state index in [1.54, 1.807) is 11.8 Å². The molecule has 24 heavy (non-hydrogen) atoms. The fourth-order valence-corrected chi connectivity index (χ4v) is 3.72. The van der Waals surface area contributed by atoms with Crippen LogP contribution in [0.1, 0.15) is 43.4 Å². The van der Waals surface area contributed by atoms with Gasteiger partial charge in [0.1, 0.15) is 5.76 Å². The summed E-state index contributed by atoms with van der Waals surface area (Å²) in [7, 11) is 0. The summed E-state index contributed by atoms with van der Waals surface area (Å²) in [6, 6.07) is 9.92. The molecule has 1 aliphatic rings. The summed E-state index contributed by atoms with van der Waals surface area (Å²) < 4.78 is 11.2. The Morgan fingerprint density at radius 2 is 1.62 bits per heavy atom. The van der Waals surface area contributed by atoms with Crippen molar-refractivity contribution in [2.75, 3.05) is 13.2 Å². The second-order valence-electron chi connectivity index (χ2n) is 5.96. The van der Waals surface area contributed by atoms with Crippen LogP contribution in [-0.4, -0.2) is 24.4 Å². The van der Waals surface area contributed by atoms with Gasteiger partial charge in [-0.3, -0.25) is 0 Å². The first-order valence-electron chi connectivity index (χ1n) is 8.47. The Bertz CT molecular complexity index is 568. The number of carbonyl (C=O) groups excluding carboxylic acids is 1. The van der Waals surface area contributed by atoms with E-state index in [2.05, 4.69) is 13.2 Å². The molecule has 1 fully saturated rings. The first-order chi connectivity index (χ1) is 11.6. The third kappa shape index (κ3) is 5.45. The van der Waals surface area contributed by atoms with Gasteiger partial charge in [0.15, 0.2) is 0 Å². The molecule has 0 saturated carbocycles. The maximum atomic E-state index is 12.4. The van der Waals surface area contributed by atoms with Gasteiger partial charge < -0.3 is 9.47 Å². The van der Waals surface area contributed by atoms with Crippen LogP contribution in [0.25, 0.3) is 0 Å². The Kier molecular flexibility index (Phi) is 7.44. The normalized spacial score (nSPS) is 24.6. The summed E-state index contributed by atoms with van der Waals surface area (Å²) in [6.07, 6.45) is 3.97. The largest absolute Gasteiger partial charge is 0.497 e. The zero-order chi connectivity index (χ0) is 17.4. The lowest BCUT2D eigenvalue weighted by Crippen LogP contribution is -2.16. The third-order valence-electron chi connectivity index (χ3n) is 4.03. The molecule has 1 aliphatic heterocycles. The predicted molar refractivity (Wildman–Crippen MR) is 99.9 cm³/mol. The maximum Gasteiger partial charge on any atom is 0.334 e. The molecule has 2 atom stereocenters. The van der Waals surface area contributed by atoms with E-state index in [4.69, 9.17) is 9.47 Å². The molecule has 130 valence electrons. The van der Waals surface area contributed by atoms with Crippen LogP contribution in [0.3, 0.4) is 0 Å². The minimum atomic E-state index is -0.313. The summed E-state index contributed by atoms with van der Waals surface area (Å²) in [4.78, 5) is 12.4. The van der Waals surface area contributed by atoms with Crippen LogP contribution in [0.4, 0.5) is 0 Å². The van der Waals surface area contributed by atoms with E-state index in [9.17, 15) is 4.79 Å². The summed E-state index contributed by atoms with van der Waals surface area (Å²) in [5.74, 6) is 0.436. The smallest absolute Gasteiger partial charge is 0.334 e. The van der Waals surface area contributed by atoms with E-state index in [1.807, 2.05) is 37.3 Å². The van der Waals surface area contributed by atoms with E-state index in [1.165, 1.54) is 0 Å². The van der Waals surface area contributed by atoms with Crippen LogP contribution in [-0.2, 0) is 14.3 Å². The second kappa shape index (κ2) is 9.58. The van der Waals surface area contributed by atoms with E-state index in [-0.39, 0.29) is 16.5 Å². The number of rotatable bonds is 1. The molecule has 0 aromatic heterocycles. The maximum absolute atomic E-state index is 12.4. The molecule has 0 N–H and O–H groups in total. The average Bonchev–Trinajstić information content (AvgIpc) is 2.60. The van der Waals surface area contributed by atoms with Gasteiger partial charge in [-0.05, 0) is 38.2 Å². The quantitative estimate of drug-likeness (QED) is 0.526. The summed E-state index contributed by atoms with van der Waals surface area (Å²) in [5, 5.41) is -0.111.